The van der Waals surface area contributed by atoms with Gasteiger partial charge in [0.1, 0.15) is 11.6 Å². The number of para-hydroxylation sites is 2. The maximum absolute atomic E-state index is 11.2. The van der Waals surface area contributed by atoms with E-state index in [0.29, 0.717) is 28.1 Å². The maximum atomic E-state index is 11.2. The summed E-state index contributed by atoms with van der Waals surface area (Å²) < 4.78 is 27.9. The van der Waals surface area contributed by atoms with Gasteiger partial charge >= 0.3 is 0 Å². The molecule has 4 nitrogen and oxygen atoms in total. The van der Waals surface area contributed by atoms with Crippen LogP contribution in [0.4, 0.5) is 0 Å². The number of phenolic OH excluding ortho intramolecular Hbond substituents is 1. The van der Waals surface area contributed by atoms with Crippen molar-refractivity contribution in [1.29, 1.82) is 0 Å². The smallest absolute Gasteiger partial charge is 0.148 e. The summed E-state index contributed by atoms with van der Waals surface area (Å²) in [4.78, 5) is 10.0. The molecule has 258 valence electrons. The molecular weight excluding hydrogens is 818 g/mol. The molecule has 0 amide bonds. The van der Waals surface area contributed by atoms with E-state index in [0.717, 1.165) is 50.2 Å². The third-order valence-electron chi connectivity index (χ3n) is 9.34. The van der Waals surface area contributed by atoms with Crippen molar-refractivity contribution >= 4 is 11.0 Å². The Morgan fingerprint density at radius 3 is 2.00 bits per heavy atom. The number of imidazole rings is 1. The quantitative estimate of drug-likeness (QED) is 0.170. The van der Waals surface area contributed by atoms with E-state index in [1.54, 1.807) is 24.3 Å². The minimum absolute atomic E-state index is 0. The second-order valence-corrected chi connectivity index (χ2v) is 13.8. The molecule has 2 aromatic heterocycles. The van der Waals surface area contributed by atoms with Gasteiger partial charge in [0.25, 0.3) is 0 Å². The van der Waals surface area contributed by atoms with Crippen molar-refractivity contribution < 1.29 is 30.3 Å². The van der Waals surface area contributed by atoms with E-state index >= 15 is 0 Å². The van der Waals surface area contributed by atoms with Crippen LogP contribution >= 0.6 is 0 Å². The average Bonchev–Trinajstić information content (AvgIpc) is 3.57. The molecule has 2 heterocycles. The Kier molecular flexibility index (Phi) is 8.52. The molecule has 0 bridgehead atoms. The molecule has 52 heavy (non-hydrogen) atoms. The van der Waals surface area contributed by atoms with E-state index in [1.165, 1.54) is 0 Å². The first-order chi connectivity index (χ1) is 26.0. The molecule has 0 atom stereocenters. The largest absolute Gasteiger partial charge is 0.507 e. The van der Waals surface area contributed by atoms with Crippen LogP contribution in [-0.4, -0.2) is 19.6 Å². The topological polar surface area (TPSA) is 50.9 Å². The second-order valence-electron chi connectivity index (χ2n) is 13.8. The van der Waals surface area contributed by atoms with Crippen LogP contribution in [-0.2, 0) is 26.5 Å². The SMILES string of the molecule is [2H]C([2H])([2H])c1cc(-c2ccccc2)ccc1-n1c(-c2ccccc2O)nc2c(-c3[c-]c(-c4cc(-c5ccccc5)ccn4)cc(C(C)(C)C)c3)cccc21.[Pt]. The zero-order valence-corrected chi connectivity index (χ0v) is 31.3. The Morgan fingerprint density at radius 1 is 0.654 bits per heavy atom. The van der Waals surface area contributed by atoms with Gasteiger partial charge in [-0.25, -0.2) is 4.98 Å². The van der Waals surface area contributed by atoms with Crippen LogP contribution < -0.4 is 0 Å². The number of rotatable bonds is 6. The number of aryl methyl sites for hydroxylation is 1. The molecule has 0 radical (unpaired) electrons. The van der Waals surface area contributed by atoms with Crippen molar-refractivity contribution in [1.82, 2.24) is 14.5 Å². The van der Waals surface area contributed by atoms with Crippen molar-refractivity contribution in [3.8, 4) is 67.5 Å². The number of hydrogen-bond donors (Lipinski definition) is 1. The third-order valence-corrected chi connectivity index (χ3v) is 9.34. The van der Waals surface area contributed by atoms with E-state index in [1.807, 2.05) is 102 Å². The number of hydrogen-bond acceptors (Lipinski definition) is 3. The number of nitrogens with zero attached hydrogens (tertiary/aromatic N) is 3. The standard InChI is InChI=1S/C47H38N3O.Pt/c1-31-26-34(32-14-7-5-8-15-32)22-23-42(31)50-43-20-13-19-39(45(43)49-46(50)40-18-11-12-21-44(40)51)36-27-37(29-38(28-36)47(2,3)4)41-30-35(24-25-48-41)33-16-9-6-10-17-33;/h5-26,28-30,51H,1-4H3;/q-1;/i1D3;. The molecule has 5 heteroatoms. The van der Waals surface area contributed by atoms with Gasteiger partial charge in [-0.2, -0.15) is 0 Å². The summed E-state index contributed by atoms with van der Waals surface area (Å²) >= 11 is 0. The molecule has 0 saturated carbocycles. The van der Waals surface area contributed by atoms with E-state index in [2.05, 4.69) is 57.2 Å². The van der Waals surface area contributed by atoms with Crippen LogP contribution in [0.5, 0.6) is 5.75 Å². The van der Waals surface area contributed by atoms with Crippen molar-refractivity contribution in [2.24, 2.45) is 0 Å². The first kappa shape index (κ1) is 31.2. The van der Waals surface area contributed by atoms with Gasteiger partial charge < -0.3 is 5.11 Å². The normalized spacial score (nSPS) is 12.5. The summed E-state index contributed by atoms with van der Waals surface area (Å²) in [5, 5.41) is 11.2. The van der Waals surface area contributed by atoms with Crippen LogP contribution in [0.2, 0.25) is 0 Å². The molecule has 0 aliphatic heterocycles. The van der Waals surface area contributed by atoms with Gasteiger partial charge in [-0.15, -0.1) is 29.3 Å². The third kappa shape index (κ3) is 6.63. The van der Waals surface area contributed by atoms with Crippen LogP contribution in [0, 0.1) is 12.9 Å². The fourth-order valence-corrected chi connectivity index (χ4v) is 6.62. The zero-order chi connectivity index (χ0) is 37.6. The number of aromatic nitrogens is 3. The number of benzene rings is 6. The maximum Gasteiger partial charge on any atom is 0.148 e. The van der Waals surface area contributed by atoms with Crippen LogP contribution in [0.1, 0.15) is 36.0 Å². The molecule has 8 rings (SSSR count). The van der Waals surface area contributed by atoms with E-state index in [-0.39, 0.29) is 37.8 Å². The number of pyridine rings is 1. The predicted octanol–water partition coefficient (Wildman–Crippen LogP) is 11.9. The summed E-state index contributed by atoms with van der Waals surface area (Å²) in [6, 6.07) is 50.6. The summed E-state index contributed by atoms with van der Waals surface area (Å²) in [6.07, 6.45) is 1.83. The molecule has 0 aliphatic carbocycles. The van der Waals surface area contributed by atoms with Gasteiger partial charge in [0.15, 0.2) is 0 Å². The molecule has 0 saturated heterocycles. The van der Waals surface area contributed by atoms with Crippen LogP contribution in [0.15, 0.2) is 152 Å². The van der Waals surface area contributed by atoms with Crippen LogP contribution in [0.25, 0.3) is 72.7 Å². The molecule has 8 aromatic rings. The summed E-state index contributed by atoms with van der Waals surface area (Å²) in [5.41, 5.74) is 10.6. The Bertz CT molecular complexity index is 2650. The number of fused-ring (bicyclic) bond motifs is 1. The zero-order valence-electron chi connectivity index (χ0n) is 32.0. The fourth-order valence-electron chi connectivity index (χ4n) is 6.62. The fraction of sp³-hybridized carbons (Fsp3) is 0.106. The predicted molar refractivity (Wildman–Crippen MR) is 210 cm³/mol. The van der Waals surface area contributed by atoms with E-state index in [4.69, 9.17) is 14.1 Å². The Labute approximate surface area is 324 Å². The summed E-state index contributed by atoms with van der Waals surface area (Å²) in [5.74, 6) is 0.470. The monoisotopic (exact) mass is 858 g/mol. The van der Waals surface area contributed by atoms with Crippen molar-refractivity contribution in [2.75, 3.05) is 0 Å². The first-order valence-corrected chi connectivity index (χ1v) is 17.1. The van der Waals surface area contributed by atoms with Gasteiger partial charge in [-0.05, 0) is 76.5 Å². The number of aromatic hydroxyl groups is 1. The van der Waals surface area contributed by atoms with Gasteiger partial charge in [0.2, 0.25) is 0 Å². The van der Waals surface area contributed by atoms with Crippen molar-refractivity contribution in [3.05, 3.63) is 169 Å². The summed E-state index contributed by atoms with van der Waals surface area (Å²) in [7, 11) is 0. The molecule has 0 fully saturated rings. The molecule has 0 spiro atoms. The Morgan fingerprint density at radius 2 is 1.31 bits per heavy atom. The first-order valence-electron chi connectivity index (χ1n) is 18.6. The second kappa shape index (κ2) is 14.2. The van der Waals surface area contributed by atoms with Crippen LogP contribution in [0.3, 0.4) is 0 Å². The van der Waals surface area contributed by atoms with E-state index < -0.39 is 6.85 Å². The van der Waals surface area contributed by atoms with Gasteiger partial charge in [-0.3, -0.25) is 9.55 Å². The molecule has 0 unspecified atom stereocenters. The average molecular weight is 859 g/mol. The van der Waals surface area contributed by atoms with Gasteiger partial charge in [-0.1, -0.05) is 129 Å². The minimum atomic E-state index is -2.45. The van der Waals surface area contributed by atoms with Crippen molar-refractivity contribution in [3.63, 3.8) is 0 Å². The Hall–Kier alpha value is -5.57. The van der Waals surface area contributed by atoms with Gasteiger partial charge in [0, 0.05) is 37.1 Å². The molecule has 1 N–H and O–H groups in total. The van der Waals surface area contributed by atoms with Crippen molar-refractivity contribution in [2.45, 2.75) is 33.0 Å². The minimum Gasteiger partial charge on any atom is -0.507 e. The van der Waals surface area contributed by atoms with E-state index in [9.17, 15) is 5.11 Å². The molecule has 0 aliphatic rings. The van der Waals surface area contributed by atoms with Gasteiger partial charge in [0.05, 0.1) is 22.3 Å². The number of phenols is 1. The summed E-state index contributed by atoms with van der Waals surface area (Å²) in [6.45, 7) is 4.11. The molecular formula is C47H38N3OPt-. The molecule has 6 aromatic carbocycles. The Balaban J connectivity index is 0.00000465.